The van der Waals surface area contributed by atoms with Crippen LogP contribution in [0.15, 0.2) is 79.3 Å². The molecule has 0 unspecified atom stereocenters. The molecule has 17 heteroatoms. The Bertz CT molecular complexity index is 2500. The monoisotopic (exact) mass is 864 g/mol. The predicted molar refractivity (Wildman–Crippen MR) is 226 cm³/mol. The molecule has 2 amide bonds. The molecule has 1 saturated heterocycles. The number of carbonyl (C=O) groups is 3. The lowest BCUT2D eigenvalue weighted by atomic mass is 9.95. The van der Waals surface area contributed by atoms with Gasteiger partial charge in [0.25, 0.3) is 5.91 Å². The number of pyridine rings is 3. The van der Waals surface area contributed by atoms with E-state index in [0.29, 0.717) is 71.1 Å². The Balaban J connectivity index is 1.07. The SMILES string of the molecule is C[C@@](CO)(NCc1ccc(NC(=O)c2cccc(-c3cccc4c3CC[C@@H]4Oc3nc(OCc4cncc(C#N)c4)c(CNC[C@@H]4CCC(=O)N4)cc3Cl)c2Cl)nc1)C(=O)O. The number of amides is 2. The molecule has 0 spiro atoms. The van der Waals surface area contributed by atoms with Crippen LogP contribution in [-0.4, -0.2) is 67.7 Å². The lowest BCUT2D eigenvalue weighted by molar-refractivity contribution is -0.146. The Hall–Kier alpha value is -6.15. The van der Waals surface area contributed by atoms with Crippen molar-refractivity contribution in [1.82, 2.24) is 30.9 Å². The summed E-state index contributed by atoms with van der Waals surface area (Å²) < 4.78 is 12.7. The third-order valence-electron chi connectivity index (χ3n) is 10.6. The molecule has 314 valence electrons. The van der Waals surface area contributed by atoms with Crippen LogP contribution in [0.4, 0.5) is 5.82 Å². The number of carboxylic acid groups (broad SMARTS) is 1. The van der Waals surface area contributed by atoms with E-state index in [1.165, 1.54) is 19.3 Å². The first-order valence-corrected chi connectivity index (χ1v) is 20.3. The van der Waals surface area contributed by atoms with Crippen molar-refractivity contribution in [2.45, 2.75) is 70.0 Å². The molecule has 1 aliphatic heterocycles. The highest BCUT2D eigenvalue weighted by molar-refractivity contribution is 6.37. The molecule has 0 bridgehead atoms. The fourth-order valence-electron chi connectivity index (χ4n) is 7.14. The number of aliphatic hydroxyl groups is 1. The largest absolute Gasteiger partial charge is 0.480 e. The molecule has 4 heterocycles. The highest BCUT2D eigenvalue weighted by Crippen LogP contribution is 2.43. The van der Waals surface area contributed by atoms with Crippen LogP contribution in [0.25, 0.3) is 11.1 Å². The van der Waals surface area contributed by atoms with Gasteiger partial charge < -0.3 is 35.6 Å². The first-order valence-electron chi connectivity index (χ1n) is 19.5. The molecule has 0 saturated carbocycles. The van der Waals surface area contributed by atoms with E-state index in [1.807, 2.05) is 24.3 Å². The molecule has 1 fully saturated rings. The van der Waals surface area contributed by atoms with Gasteiger partial charge in [-0.05, 0) is 72.7 Å². The van der Waals surface area contributed by atoms with Gasteiger partial charge in [-0.15, -0.1) is 0 Å². The highest BCUT2D eigenvalue weighted by Gasteiger charge is 2.32. The maximum absolute atomic E-state index is 13.5. The minimum absolute atomic E-state index is 0.0281. The summed E-state index contributed by atoms with van der Waals surface area (Å²) in [7, 11) is 0. The molecule has 15 nitrogen and oxygen atoms in total. The number of aliphatic carboxylic acids is 1. The molecule has 1 aliphatic carbocycles. The topological polar surface area (TPSA) is 221 Å². The van der Waals surface area contributed by atoms with Crippen LogP contribution in [0.5, 0.6) is 11.8 Å². The predicted octanol–water partition coefficient (Wildman–Crippen LogP) is 5.91. The Morgan fingerprint density at radius 2 is 1.82 bits per heavy atom. The van der Waals surface area contributed by atoms with E-state index in [9.17, 15) is 29.9 Å². The number of rotatable bonds is 17. The van der Waals surface area contributed by atoms with Crippen molar-refractivity contribution in [1.29, 1.82) is 5.26 Å². The smallest absolute Gasteiger partial charge is 0.326 e. The van der Waals surface area contributed by atoms with Gasteiger partial charge >= 0.3 is 5.97 Å². The molecule has 2 aromatic carbocycles. The van der Waals surface area contributed by atoms with Crippen LogP contribution in [-0.2, 0) is 35.7 Å². The van der Waals surface area contributed by atoms with E-state index in [2.05, 4.69) is 37.3 Å². The number of carboxylic acids is 1. The third-order valence-corrected chi connectivity index (χ3v) is 11.3. The molecule has 5 aromatic rings. The van der Waals surface area contributed by atoms with Crippen LogP contribution in [0.1, 0.15) is 76.0 Å². The van der Waals surface area contributed by atoms with Crippen molar-refractivity contribution in [3.8, 4) is 29.0 Å². The van der Waals surface area contributed by atoms with Crippen LogP contribution >= 0.6 is 23.2 Å². The van der Waals surface area contributed by atoms with Crippen LogP contribution in [0.2, 0.25) is 10.0 Å². The number of hydrogen-bond acceptors (Lipinski definition) is 12. The number of halogens is 2. The molecule has 2 aliphatic rings. The fourth-order valence-corrected chi connectivity index (χ4v) is 7.68. The molecule has 3 aromatic heterocycles. The summed E-state index contributed by atoms with van der Waals surface area (Å²) in [5.74, 6) is -0.855. The first-order chi connectivity index (χ1) is 29.4. The Kier molecular flexibility index (Phi) is 13.4. The molecule has 3 atom stereocenters. The van der Waals surface area contributed by atoms with E-state index < -0.39 is 30.1 Å². The maximum atomic E-state index is 13.5. The second kappa shape index (κ2) is 19.1. The van der Waals surface area contributed by atoms with Crippen LogP contribution in [0, 0.1) is 11.3 Å². The van der Waals surface area contributed by atoms with Gasteiger partial charge in [-0.25, -0.2) is 4.98 Å². The standard InChI is InChI=1S/C44H42Cl2N8O7/c1-44(24-55,43(58)59)51-20-25-8-12-37(50-19-25)53-40(57)34-7-3-6-33(39(34)46)30-4-2-5-32-31(30)10-11-36(32)61-42-35(45)15-28(21-49-22-29-9-13-38(56)52-29)41(54-42)60-23-27-14-26(16-47)17-48-18-27/h2-8,12,14-15,17-19,29,36,49,51,55H,9-11,13,20-24H2,1H3,(H,52,56)(H,58,59)(H,50,53,57)/t29-,36-,44-/m0/s1. The number of aromatic nitrogens is 3. The summed E-state index contributed by atoms with van der Waals surface area (Å²) >= 11 is 13.8. The average Bonchev–Trinajstić information content (AvgIpc) is 3.88. The minimum Gasteiger partial charge on any atom is -0.480 e. The van der Waals surface area contributed by atoms with E-state index in [1.54, 1.807) is 42.6 Å². The summed E-state index contributed by atoms with van der Waals surface area (Å²) in [6.07, 6.45) is 6.72. The number of nitriles is 1. The number of ether oxygens (including phenoxy) is 2. The number of aliphatic hydroxyl groups excluding tert-OH is 1. The summed E-state index contributed by atoms with van der Waals surface area (Å²) in [5.41, 5.74) is 4.62. The first kappa shape index (κ1) is 43.0. The quantitative estimate of drug-likeness (QED) is 0.0641. The lowest BCUT2D eigenvalue weighted by Crippen LogP contribution is -2.52. The Labute approximate surface area is 361 Å². The van der Waals surface area contributed by atoms with Gasteiger partial charge in [-0.3, -0.25) is 24.7 Å². The van der Waals surface area contributed by atoms with Crippen molar-refractivity contribution in [3.05, 3.63) is 128 Å². The zero-order valence-corrected chi connectivity index (χ0v) is 34.5. The zero-order valence-electron chi connectivity index (χ0n) is 33.0. The summed E-state index contributed by atoms with van der Waals surface area (Å²) in [4.78, 5) is 49.9. The van der Waals surface area contributed by atoms with Crippen molar-refractivity contribution in [3.63, 3.8) is 0 Å². The van der Waals surface area contributed by atoms with Gasteiger partial charge in [-0.1, -0.05) is 59.6 Å². The van der Waals surface area contributed by atoms with E-state index in [0.717, 1.165) is 23.1 Å². The number of nitrogens with one attached hydrogen (secondary N) is 4. The summed E-state index contributed by atoms with van der Waals surface area (Å²) in [6, 6.07) is 20.0. The van der Waals surface area contributed by atoms with Gasteiger partial charge in [0, 0.05) is 67.4 Å². The lowest BCUT2D eigenvalue weighted by Gasteiger charge is -2.23. The Morgan fingerprint density at radius 1 is 1.00 bits per heavy atom. The molecule has 6 N–H and O–H groups in total. The van der Waals surface area contributed by atoms with E-state index in [-0.39, 0.29) is 47.4 Å². The van der Waals surface area contributed by atoms with Gasteiger partial charge in [-0.2, -0.15) is 10.2 Å². The number of anilines is 1. The number of fused-ring (bicyclic) bond motifs is 1. The molecule has 7 rings (SSSR count). The molecule has 61 heavy (non-hydrogen) atoms. The van der Waals surface area contributed by atoms with Crippen molar-refractivity contribution < 1.29 is 34.1 Å². The third kappa shape index (κ3) is 10.1. The second-order valence-corrected chi connectivity index (χ2v) is 15.8. The van der Waals surface area contributed by atoms with Crippen LogP contribution in [0.3, 0.4) is 0 Å². The van der Waals surface area contributed by atoms with Gasteiger partial charge in [0.2, 0.25) is 17.7 Å². The number of carbonyl (C=O) groups excluding carboxylic acids is 2. The van der Waals surface area contributed by atoms with Gasteiger partial charge in [0.1, 0.15) is 35.2 Å². The van der Waals surface area contributed by atoms with Gasteiger partial charge in [0.15, 0.2) is 0 Å². The number of nitrogens with zero attached hydrogens (tertiary/aromatic N) is 4. The fraction of sp³-hybridized carbons (Fsp3) is 0.295. The molecular formula is C44H42Cl2N8O7. The normalized spacial score (nSPS) is 16.5. The van der Waals surface area contributed by atoms with E-state index >= 15 is 0 Å². The molecular weight excluding hydrogens is 823 g/mol. The number of hydrogen-bond donors (Lipinski definition) is 6. The van der Waals surface area contributed by atoms with Gasteiger partial charge in [0.05, 0.1) is 22.8 Å². The minimum atomic E-state index is -1.51. The van der Waals surface area contributed by atoms with Crippen molar-refractivity contribution >= 4 is 46.8 Å². The average molecular weight is 866 g/mol. The Morgan fingerprint density at radius 3 is 2.56 bits per heavy atom. The maximum Gasteiger partial charge on any atom is 0.326 e. The summed E-state index contributed by atoms with van der Waals surface area (Å²) in [6.45, 7) is 1.94. The second-order valence-electron chi connectivity index (χ2n) is 15.0. The highest BCUT2D eigenvalue weighted by atomic mass is 35.5. The summed E-state index contributed by atoms with van der Waals surface area (Å²) in [5, 5.41) is 40.7. The van der Waals surface area contributed by atoms with Crippen LogP contribution < -0.4 is 30.7 Å². The number of benzene rings is 2. The van der Waals surface area contributed by atoms with Crippen molar-refractivity contribution in [2.24, 2.45) is 0 Å². The molecule has 0 radical (unpaired) electrons. The van der Waals surface area contributed by atoms with Crippen molar-refractivity contribution in [2.75, 3.05) is 18.5 Å². The zero-order chi connectivity index (χ0) is 43.1. The van der Waals surface area contributed by atoms with E-state index in [4.69, 9.17) is 37.7 Å².